The molecule has 1 aromatic heterocycles. The molecule has 0 bridgehead atoms. The molecule has 0 aliphatic carbocycles. The van der Waals surface area contributed by atoms with Gasteiger partial charge in [-0.1, -0.05) is 18.2 Å². The smallest absolute Gasteiger partial charge is 0.363 e. The number of ether oxygens (including phenoxy) is 3. The van der Waals surface area contributed by atoms with Gasteiger partial charge in [0.05, 0.1) is 11.9 Å². The van der Waals surface area contributed by atoms with Crippen LogP contribution in [-0.4, -0.2) is 28.4 Å². The summed E-state index contributed by atoms with van der Waals surface area (Å²) in [6.07, 6.45) is 5.14. The van der Waals surface area contributed by atoms with Gasteiger partial charge in [0.25, 0.3) is 0 Å². The Labute approximate surface area is 154 Å². The van der Waals surface area contributed by atoms with Crippen molar-refractivity contribution in [3.05, 3.63) is 77.7 Å². The van der Waals surface area contributed by atoms with E-state index in [-0.39, 0.29) is 18.4 Å². The molecule has 27 heavy (non-hydrogen) atoms. The summed E-state index contributed by atoms with van der Waals surface area (Å²) in [6, 6.07) is 15.0. The van der Waals surface area contributed by atoms with Crippen molar-refractivity contribution in [1.82, 2.24) is 9.78 Å². The van der Waals surface area contributed by atoms with Crippen LogP contribution in [-0.2, 0) is 9.53 Å². The molecule has 132 valence electrons. The number of para-hydroxylation sites is 1. The molecule has 0 radical (unpaired) electrons. The van der Waals surface area contributed by atoms with Crippen molar-refractivity contribution in [1.29, 1.82) is 0 Å². The number of hydrogen-bond donors (Lipinski definition) is 0. The molecule has 2 aliphatic rings. The minimum atomic E-state index is -0.505. The summed E-state index contributed by atoms with van der Waals surface area (Å²) < 4.78 is 17.7. The zero-order chi connectivity index (χ0) is 18.2. The van der Waals surface area contributed by atoms with Crippen molar-refractivity contribution in [2.45, 2.75) is 0 Å². The van der Waals surface area contributed by atoms with Gasteiger partial charge in [-0.3, -0.25) is 0 Å². The Morgan fingerprint density at radius 1 is 1.04 bits per heavy atom. The summed E-state index contributed by atoms with van der Waals surface area (Å²) >= 11 is 0. The van der Waals surface area contributed by atoms with Gasteiger partial charge in [0.2, 0.25) is 12.7 Å². The van der Waals surface area contributed by atoms with Crippen LogP contribution in [0, 0.1) is 0 Å². The van der Waals surface area contributed by atoms with Crippen LogP contribution in [0.3, 0.4) is 0 Å². The fourth-order valence-electron chi connectivity index (χ4n) is 2.85. The molecule has 0 atom stereocenters. The van der Waals surface area contributed by atoms with Crippen LogP contribution >= 0.6 is 0 Å². The summed E-state index contributed by atoms with van der Waals surface area (Å²) in [5.74, 6) is 0.996. The monoisotopic (exact) mass is 359 g/mol. The van der Waals surface area contributed by atoms with Crippen molar-refractivity contribution >= 4 is 17.9 Å². The van der Waals surface area contributed by atoms with E-state index in [0.717, 1.165) is 11.3 Å². The predicted octanol–water partition coefficient (Wildman–Crippen LogP) is 2.95. The van der Waals surface area contributed by atoms with Crippen LogP contribution in [0.4, 0.5) is 0 Å². The molecule has 0 fully saturated rings. The minimum absolute atomic E-state index is 0.182. The Kier molecular flexibility index (Phi) is 3.50. The number of rotatable bonds is 3. The highest BCUT2D eigenvalue weighted by Crippen LogP contribution is 2.33. The number of aliphatic imine (C=N–C) groups is 1. The molecule has 0 spiro atoms. The van der Waals surface area contributed by atoms with Crippen LogP contribution in [0.5, 0.6) is 11.5 Å². The van der Waals surface area contributed by atoms with Gasteiger partial charge in [-0.25, -0.2) is 14.5 Å². The molecule has 7 nitrogen and oxygen atoms in total. The van der Waals surface area contributed by atoms with E-state index < -0.39 is 5.97 Å². The van der Waals surface area contributed by atoms with E-state index >= 15 is 0 Å². The Bertz CT molecular complexity index is 1100. The number of benzene rings is 2. The quantitative estimate of drug-likeness (QED) is 0.531. The molecular weight excluding hydrogens is 346 g/mol. The lowest BCUT2D eigenvalue weighted by Crippen LogP contribution is -2.05. The van der Waals surface area contributed by atoms with Gasteiger partial charge in [0.1, 0.15) is 0 Å². The average molecular weight is 359 g/mol. The topological polar surface area (TPSA) is 74.9 Å². The largest absolute Gasteiger partial charge is 0.454 e. The van der Waals surface area contributed by atoms with Crippen molar-refractivity contribution in [3.8, 4) is 17.2 Å². The molecule has 3 heterocycles. The van der Waals surface area contributed by atoms with E-state index in [1.165, 1.54) is 0 Å². The van der Waals surface area contributed by atoms with Crippen LogP contribution in [0.2, 0.25) is 0 Å². The van der Waals surface area contributed by atoms with Gasteiger partial charge in [0.15, 0.2) is 17.2 Å². The summed E-state index contributed by atoms with van der Waals surface area (Å²) in [4.78, 5) is 16.5. The number of nitrogens with zero attached hydrogens (tertiary/aromatic N) is 3. The second kappa shape index (κ2) is 6.14. The van der Waals surface area contributed by atoms with Gasteiger partial charge in [-0.2, -0.15) is 5.10 Å². The lowest BCUT2D eigenvalue weighted by atomic mass is 10.2. The number of esters is 1. The number of hydrogen-bond acceptors (Lipinski definition) is 6. The first-order chi connectivity index (χ1) is 13.3. The zero-order valence-corrected chi connectivity index (χ0v) is 14.0. The van der Waals surface area contributed by atoms with Gasteiger partial charge in [-0.05, 0) is 36.4 Å². The molecule has 2 aromatic carbocycles. The standard InChI is InChI=1S/C20H13N3O4/c24-20-16(8-13-10-21-23(11-13)15-4-2-1-3-5-15)22-19(27-20)14-6-7-17-18(9-14)26-12-25-17/h1-11H,12H2. The van der Waals surface area contributed by atoms with E-state index in [9.17, 15) is 4.79 Å². The SMILES string of the molecule is O=C1OC(c2ccc3c(c2)OCO3)=NC1=Cc1cnn(-c2ccccc2)c1. The Balaban J connectivity index is 1.43. The van der Waals surface area contributed by atoms with E-state index in [1.807, 2.05) is 36.5 Å². The van der Waals surface area contributed by atoms with Crippen LogP contribution in [0.1, 0.15) is 11.1 Å². The van der Waals surface area contributed by atoms with Gasteiger partial charge >= 0.3 is 5.97 Å². The van der Waals surface area contributed by atoms with E-state index in [0.29, 0.717) is 17.1 Å². The first-order valence-corrected chi connectivity index (χ1v) is 8.29. The molecule has 0 unspecified atom stereocenters. The number of fused-ring (bicyclic) bond motifs is 1. The predicted molar refractivity (Wildman–Crippen MR) is 96.7 cm³/mol. The Morgan fingerprint density at radius 2 is 1.89 bits per heavy atom. The molecule has 0 amide bonds. The van der Waals surface area contributed by atoms with Crippen molar-refractivity contribution in [2.75, 3.05) is 6.79 Å². The molecule has 5 rings (SSSR count). The maximum atomic E-state index is 12.2. The lowest BCUT2D eigenvalue weighted by Gasteiger charge is -2.01. The molecule has 7 heteroatoms. The second-order valence-corrected chi connectivity index (χ2v) is 5.96. The Hall–Kier alpha value is -3.87. The average Bonchev–Trinajstić information content (AvgIpc) is 3.43. The van der Waals surface area contributed by atoms with Crippen LogP contribution < -0.4 is 9.47 Å². The third-order valence-electron chi connectivity index (χ3n) is 4.17. The fourth-order valence-corrected chi connectivity index (χ4v) is 2.85. The van der Waals surface area contributed by atoms with E-state index in [2.05, 4.69) is 10.1 Å². The first-order valence-electron chi connectivity index (χ1n) is 8.29. The highest BCUT2D eigenvalue weighted by atomic mass is 16.7. The van der Waals surface area contributed by atoms with Crippen LogP contribution in [0.25, 0.3) is 11.8 Å². The van der Waals surface area contributed by atoms with Crippen molar-refractivity contribution in [3.63, 3.8) is 0 Å². The van der Waals surface area contributed by atoms with Crippen LogP contribution in [0.15, 0.2) is 71.6 Å². The summed E-state index contributed by atoms with van der Waals surface area (Å²) in [7, 11) is 0. The first kappa shape index (κ1) is 15.4. The van der Waals surface area contributed by atoms with E-state index in [4.69, 9.17) is 14.2 Å². The second-order valence-electron chi connectivity index (χ2n) is 5.96. The number of cyclic esters (lactones) is 1. The highest BCUT2D eigenvalue weighted by molar-refractivity contribution is 6.13. The summed E-state index contributed by atoms with van der Waals surface area (Å²) in [5, 5.41) is 4.31. The third-order valence-corrected chi connectivity index (χ3v) is 4.17. The Morgan fingerprint density at radius 3 is 2.78 bits per heavy atom. The molecule has 3 aromatic rings. The summed E-state index contributed by atoms with van der Waals surface area (Å²) in [5.41, 5.74) is 2.55. The normalized spacial score (nSPS) is 16.5. The third kappa shape index (κ3) is 2.85. The highest BCUT2D eigenvalue weighted by Gasteiger charge is 2.26. The zero-order valence-electron chi connectivity index (χ0n) is 14.0. The lowest BCUT2D eigenvalue weighted by molar-refractivity contribution is -0.129. The van der Waals surface area contributed by atoms with Gasteiger partial charge in [0, 0.05) is 17.3 Å². The van der Waals surface area contributed by atoms with Gasteiger partial charge in [-0.15, -0.1) is 0 Å². The van der Waals surface area contributed by atoms with Gasteiger partial charge < -0.3 is 14.2 Å². The number of aromatic nitrogens is 2. The number of carbonyl (C=O) groups is 1. The molecule has 0 N–H and O–H groups in total. The van der Waals surface area contributed by atoms with Crippen molar-refractivity contribution < 1.29 is 19.0 Å². The fraction of sp³-hybridized carbons (Fsp3) is 0.0500. The molecule has 0 saturated heterocycles. The van der Waals surface area contributed by atoms with E-state index in [1.54, 1.807) is 35.2 Å². The number of carbonyl (C=O) groups excluding carboxylic acids is 1. The molecular formula is C20H13N3O4. The summed E-state index contributed by atoms with van der Waals surface area (Å²) in [6.45, 7) is 0.182. The minimum Gasteiger partial charge on any atom is -0.454 e. The maximum Gasteiger partial charge on any atom is 0.363 e. The maximum absolute atomic E-state index is 12.2. The van der Waals surface area contributed by atoms with Crippen molar-refractivity contribution in [2.24, 2.45) is 4.99 Å². The molecule has 2 aliphatic heterocycles. The molecule has 0 saturated carbocycles.